The fourth-order valence-corrected chi connectivity index (χ4v) is 7.73. The average Bonchev–Trinajstić information content (AvgIpc) is 3.28. The van der Waals surface area contributed by atoms with E-state index in [4.69, 9.17) is 27.9 Å². The highest BCUT2D eigenvalue weighted by Gasteiger charge is 2.22. The number of benzene rings is 2. The number of sulfonamides is 1. The molecule has 2 N–H and O–H groups in total. The van der Waals surface area contributed by atoms with E-state index in [1.54, 1.807) is 23.7 Å². The van der Waals surface area contributed by atoms with Gasteiger partial charge in [-0.2, -0.15) is 13.2 Å². The normalized spacial score (nSPS) is 12.2. The summed E-state index contributed by atoms with van der Waals surface area (Å²) in [6, 6.07) is 7.12. The number of nitrogens with one attached hydrogen (secondary N) is 1. The Balaban J connectivity index is 1.51. The maximum Gasteiger partial charge on any atom is 0.335 e. The molecule has 0 aliphatic heterocycles. The number of carboxylic acid groups (broad SMARTS) is 1. The molecule has 0 fully saturated rings. The first-order valence-corrected chi connectivity index (χ1v) is 18.2. The molecule has 12 heteroatoms. The number of hydrogen-bond donors (Lipinski definition) is 2. The van der Waals surface area contributed by atoms with Crippen LogP contribution in [0, 0.1) is 0 Å². The van der Waals surface area contributed by atoms with Crippen LogP contribution in [0.25, 0.3) is 10.2 Å². The molecule has 1 aromatic heterocycles. The van der Waals surface area contributed by atoms with E-state index in [9.17, 15) is 18.3 Å². The molecule has 43 heavy (non-hydrogen) atoms. The lowest BCUT2D eigenvalue weighted by Gasteiger charge is -2.12. The van der Waals surface area contributed by atoms with E-state index in [0.717, 1.165) is 30.0 Å². The summed E-state index contributed by atoms with van der Waals surface area (Å²) in [5.74, 6) is -1.16. The van der Waals surface area contributed by atoms with E-state index in [2.05, 4.69) is 16.9 Å². The van der Waals surface area contributed by atoms with Crippen LogP contribution in [0.2, 0.25) is 10.0 Å². The maximum absolute atomic E-state index is 13.3. The van der Waals surface area contributed by atoms with Crippen molar-refractivity contribution in [2.45, 2.75) is 102 Å². The van der Waals surface area contributed by atoms with Gasteiger partial charge in [-0.05, 0) is 36.8 Å². The smallest absolute Gasteiger partial charge is 0.335 e. The second-order valence-electron chi connectivity index (χ2n) is 10.8. The fraction of sp³-hybridized carbons (Fsp3) is 0.548. The number of fused-ring (bicyclic) bond motifs is 1. The Morgan fingerprint density at radius 3 is 2.09 bits per heavy atom. The molecule has 8 nitrogen and oxygen atoms in total. The number of aromatic carboxylic acids is 1. The predicted molar refractivity (Wildman–Crippen MR) is 176 cm³/mol. The molecule has 0 atom stereocenters. The van der Waals surface area contributed by atoms with Gasteiger partial charge in [-0.25, -0.2) is 4.79 Å². The number of carbonyl (C=O) groups is 1. The van der Waals surface area contributed by atoms with Crippen LogP contribution in [0.5, 0.6) is 5.75 Å². The summed E-state index contributed by atoms with van der Waals surface area (Å²) in [7, 11) is -2.55. The van der Waals surface area contributed by atoms with Crippen molar-refractivity contribution < 1.29 is 23.1 Å². The topological polar surface area (TPSA) is 110 Å². The largest absolute Gasteiger partial charge is 0.492 e. The lowest BCUT2D eigenvalue weighted by atomic mass is 10.0. The third-order valence-electron chi connectivity index (χ3n) is 7.31. The van der Waals surface area contributed by atoms with Gasteiger partial charge in [-0.1, -0.05) is 125 Å². The monoisotopic (exact) mass is 671 g/mol. The van der Waals surface area contributed by atoms with Crippen molar-refractivity contribution in [2.24, 2.45) is 12.1 Å². The SMILES string of the molecule is CCCCCCCCCCCCCCCCOc1ccc(C(=O)O)cc1S(=O)(=O)N/N=c1/sc2cc(Cl)cc(Cl)c2n1C. The lowest BCUT2D eigenvalue weighted by Crippen LogP contribution is -2.24. The maximum atomic E-state index is 13.3. The summed E-state index contributed by atoms with van der Waals surface area (Å²) in [5, 5.41) is 14.4. The van der Waals surface area contributed by atoms with Crippen LogP contribution in [-0.2, 0) is 17.1 Å². The van der Waals surface area contributed by atoms with E-state index in [1.807, 2.05) is 0 Å². The molecule has 0 saturated carbocycles. The summed E-state index contributed by atoms with van der Waals surface area (Å²) in [5.41, 5.74) is 0.497. The van der Waals surface area contributed by atoms with Crippen LogP contribution < -0.4 is 14.4 Å². The van der Waals surface area contributed by atoms with Crippen molar-refractivity contribution in [3.05, 3.63) is 50.7 Å². The third kappa shape index (κ3) is 11.0. The number of rotatable bonds is 20. The summed E-state index contributed by atoms with van der Waals surface area (Å²) in [4.78, 5) is 13.9. The third-order valence-corrected chi connectivity index (χ3v) is 10.1. The molecule has 0 aliphatic carbocycles. The van der Waals surface area contributed by atoms with Gasteiger partial charge in [0.05, 0.1) is 27.4 Å². The minimum Gasteiger partial charge on any atom is -0.492 e. The molecule has 0 amide bonds. The second kappa shape index (κ2) is 17.9. The number of carboxylic acids is 1. The molecule has 0 bridgehead atoms. The van der Waals surface area contributed by atoms with Gasteiger partial charge in [0.2, 0.25) is 4.80 Å². The molecule has 238 valence electrons. The molecule has 0 unspecified atom stereocenters. The van der Waals surface area contributed by atoms with Crippen LogP contribution in [0.15, 0.2) is 40.3 Å². The fourth-order valence-electron chi connectivity index (χ4n) is 4.90. The van der Waals surface area contributed by atoms with Crippen molar-refractivity contribution in [3.8, 4) is 5.75 Å². The van der Waals surface area contributed by atoms with Crippen LogP contribution in [0.3, 0.4) is 0 Å². The van der Waals surface area contributed by atoms with Crippen LogP contribution in [0.4, 0.5) is 0 Å². The molecule has 0 spiro atoms. The number of aryl methyl sites for hydroxylation is 1. The number of hydrogen-bond acceptors (Lipinski definition) is 6. The van der Waals surface area contributed by atoms with E-state index in [0.29, 0.717) is 27.0 Å². The first-order chi connectivity index (χ1) is 20.6. The van der Waals surface area contributed by atoms with Gasteiger partial charge in [0.1, 0.15) is 10.6 Å². The standard InChI is InChI=1S/C31H43Cl2N3O5S2/c1-3-4-5-6-7-8-9-10-11-12-13-14-15-16-19-41-26-18-17-23(30(37)38)20-28(26)43(39,40)35-34-31-36(2)29-25(33)21-24(32)22-27(29)42-31/h17-18,20-22,35H,3-16,19H2,1-2H3,(H,37,38)/b34-31+. The highest BCUT2D eigenvalue weighted by molar-refractivity contribution is 7.89. The molecular weight excluding hydrogens is 629 g/mol. The number of nitrogens with zero attached hydrogens (tertiary/aromatic N) is 2. The van der Waals surface area contributed by atoms with Gasteiger partial charge in [-0.15, -0.1) is 5.10 Å². The summed E-state index contributed by atoms with van der Waals surface area (Å²) in [6.07, 6.45) is 17.3. The van der Waals surface area contributed by atoms with Gasteiger partial charge in [0.15, 0.2) is 0 Å². The van der Waals surface area contributed by atoms with Crippen LogP contribution in [-0.4, -0.2) is 30.7 Å². The van der Waals surface area contributed by atoms with Crippen LogP contribution in [0.1, 0.15) is 107 Å². The Kier molecular flexibility index (Phi) is 14.6. The molecule has 0 aliphatic rings. The molecule has 3 rings (SSSR count). The minimum atomic E-state index is -4.26. The van der Waals surface area contributed by atoms with Crippen LogP contribution >= 0.6 is 34.5 Å². The zero-order valence-corrected chi connectivity index (χ0v) is 28.2. The number of unbranched alkanes of at least 4 members (excludes halogenated alkanes) is 13. The van der Waals surface area contributed by atoms with E-state index in [1.165, 1.54) is 94.1 Å². The van der Waals surface area contributed by atoms with Crippen molar-refractivity contribution in [1.82, 2.24) is 9.40 Å². The minimum absolute atomic E-state index is 0.0814. The zero-order chi connectivity index (χ0) is 31.2. The molecule has 1 heterocycles. The lowest BCUT2D eigenvalue weighted by molar-refractivity contribution is 0.0696. The van der Waals surface area contributed by atoms with E-state index < -0.39 is 16.0 Å². The first-order valence-electron chi connectivity index (χ1n) is 15.1. The molecule has 0 radical (unpaired) electrons. The second-order valence-corrected chi connectivity index (χ2v) is 14.3. The van der Waals surface area contributed by atoms with Gasteiger partial charge in [0.25, 0.3) is 10.0 Å². The van der Waals surface area contributed by atoms with Gasteiger partial charge < -0.3 is 14.4 Å². The van der Waals surface area contributed by atoms with Gasteiger partial charge in [-0.3, -0.25) is 0 Å². The van der Waals surface area contributed by atoms with Gasteiger partial charge >= 0.3 is 5.97 Å². The molecule has 3 aromatic rings. The molecular formula is C31H43Cl2N3O5S2. The summed E-state index contributed by atoms with van der Waals surface area (Å²) in [6.45, 7) is 2.58. The Bertz CT molecular complexity index is 1520. The molecule has 0 saturated heterocycles. The predicted octanol–water partition coefficient (Wildman–Crippen LogP) is 8.90. The quantitative estimate of drug-likeness (QED) is 0.0920. The van der Waals surface area contributed by atoms with E-state index in [-0.39, 0.29) is 16.2 Å². The highest BCUT2D eigenvalue weighted by atomic mass is 35.5. The molecule has 2 aromatic carbocycles. The van der Waals surface area contributed by atoms with Crippen molar-refractivity contribution in [1.29, 1.82) is 0 Å². The Morgan fingerprint density at radius 2 is 1.51 bits per heavy atom. The summed E-state index contributed by atoms with van der Waals surface area (Å²) < 4.78 is 34.8. The number of halogens is 2. The number of aromatic nitrogens is 1. The van der Waals surface area contributed by atoms with Crippen molar-refractivity contribution in [3.63, 3.8) is 0 Å². The Morgan fingerprint density at radius 1 is 0.930 bits per heavy atom. The van der Waals surface area contributed by atoms with Gasteiger partial charge in [0, 0.05) is 12.1 Å². The highest BCUT2D eigenvalue weighted by Crippen LogP contribution is 2.29. The van der Waals surface area contributed by atoms with Crippen molar-refractivity contribution >= 4 is 60.7 Å². The van der Waals surface area contributed by atoms with Crippen molar-refractivity contribution in [2.75, 3.05) is 6.61 Å². The summed E-state index contributed by atoms with van der Waals surface area (Å²) >= 11 is 13.6. The van der Waals surface area contributed by atoms with E-state index >= 15 is 0 Å². The Labute approximate surface area is 269 Å². The zero-order valence-electron chi connectivity index (χ0n) is 25.0. The number of thiazole rings is 1. The first kappa shape index (κ1) is 35.2. The number of ether oxygens (including phenoxy) is 1. The average molecular weight is 673 g/mol. The Hall–Kier alpha value is -2.27.